The number of unbranched alkanes of at least 4 members (excludes halogenated alkanes) is 2. The summed E-state index contributed by atoms with van der Waals surface area (Å²) in [4.78, 5) is 10.8. The summed E-state index contributed by atoms with van der Waals surface area (Å²) in [6, 6.07) is 0. The van der Waals surface area contributed by atoms with Crippen LogP contribution in [-0.4, -0.2) is 26.3 Å². The average molecular weight is 216 g/mol. The zero-order valence-electron chi connectivity index (χ0n) is 10.3. The van der Waals surface area contributed by atoms with E-state index in [0.29, 0.717) is 18.9 Å². The van der Waals surface area contributed by atoms with E-state index < -0.39 is 0 Å². The van der Waals surface area contributed by atoms with Crippen molar-refractivity contribution in [3.05, 3.63) is 0 Å². The second-order valence-corrected chi connectivity index (χ2v) is 4.00. The standard InChI is InChI=1S/C12H24O3/c1-4-5-6-7-11(2)10-15-9-8-12(13)14-3/h11H,4-10H2,1-3H3. The molecule has 0 rings (SSSR count). The molecule has 0 saturated heterocycles. The highest BCUT2D eigenvalue weighted by Crippen LogP contribution is 2.09. The van der Waals surface area contributed by atoms with Gasteiger partial charge in [0.25, 0.3) is 0 Å². The normalized spacial score (nSPS) is 12.5. The molecule has 1 atom stereocenters. The van der Waals surface area contributed by atoms with Gasteiger partial charge in [-0.2, -0.15) is 0 Å². The summed E-state index contributed by atoms with van der Waals surface area (Å²) in [6.45, 7) is 5.62. The Balaban J connectivity index is 3.23. The molecular weight excluding hydrogens is 192 g/mol. The SMILES string of the molecule is CCCCCC(C)COCCC(=O)OC. The smallest absolute Gasteiger partial charge is 0.307 e. The molecule has 0 bridgehead atoms. The van der Waals surface area contributed by atoms with E-state index in [0.717, 1.165) is 6.61 Å². The number of carbonyl (C=O) groups excluding carboxylic acids is 1. The third kappa shape index (κ3) is 9.73. The largest absolute Gasteiger partial charge is 0.469 e. The minimum absolute atomic E-state index is 0.200. The van der Waals surface area contributed by atoms with Crippen LogP contribution >= 0.6 is 0 Å². The quantitative estimate of drug-likeness (QED) is 0.439. The Bertz CT molecular complexity index is 157. The van der Waals surface area contributed by atoms with E-state index in [9.17, 15) is 4.79 Å². The van der Waals surface area contributed by atoms with Crippen LogP contribution in [0.15, 0.2) is 0 Å². The van der Waals surface area contributed by atoms with Crippen molar-refractivity contribution >= 4 is 5.97 Å². The van der Waals surface area contributed by atoms with Gasteiger partial charge in [0, 0.05) is 6.61 Å². The molecule has 0 aromatic rings. The molecule has 0 heterocycles. The van der Waals surface area contributed by atoms with Gasteiger partial charge in [0.2, 0.25) is 0 Å². The molecule has 0 aliphatic heterocycles. The van der Waals surface area contributed by atoms with Crippen LogP contribution in [0.4, 0.5) is 0 Å². The molecule has 0 aliphatic carbocycles. The van der Waals surface area contributed by atoms with Crippen molar-refractivity contribution in [2.75, 3.05) is 20.3 Å². The summed E-state index contributed by atoms with van der Waals surface area (Å²) in [5.74, 6) is 0.392. The first kappa shape index (κ1) is 14.4. The molecule has 3 nitrogen and oxygen atoms in total. The lowest BCUT2D eigenvalue weighted by molar-refractivity contribution is -0.141. The number of methoxy groups -OCH3 is 1. The van der Waals surface area contributed by atoms with E-state index in [1.165, 1.54) is 32.8 Å². The number of esters is 1. The van der Waals surface area contributed by atoms with E-state index in [1.54, 1.807) is 0 Å². The molecule has 90 valence electrons. The summed E-state index contributed by atoms with van der Waals surface area (Å²) >= 11 is 0. The lowest BCUT2D eigenvalue weighted by Crippen LogP contribution is -2.10. The molecule has 0 radical (unpaired) electrons. The molecule has 0 aliphatic rings. The average Bonchev–Trinajstić information content (AvgIpc) is 2.24. The summed E-state index contributed by atoms with van der Waals surface area (Å²) in [5.41, 5.74) is 0. The fraction of sp³-hybridized carbons (Fsp3) is 0.917. The van der Waals surface area contributed by atoms with Crippen LogP contribution in [0, 0.1) is 5.92 Å². The second kappa shape index (κ2) is 9.97. The monoisotopic (exact) mass is 216 g/mol. The maximum atomic E-state index is 10.8. The number of ether oxygens (including phenoxy) is 2. The van der Waals surface area contributed by atoms with Crippen LogP contribution in [0.2, 0.25) is 0 Å². The van der Waals surface area contributed by atoms with Crippen molar-refractivity contribution in [1.29, 1.82) is 0 Å². The Hall–Kier alpha value is -0.570. The molecule has 1 unspecified atom stereocenters. The number of carbonyl (C=O) groups is 1. The molecule has 0 amide bonds. The maximum Gasteiger partial charge on any atom is 0.307 e. The fourth-order valence-electron chi connectivity index (χ4n) is 1.37. The van der Waals surface area contributed by atoms with Crippen LogP contribution in [0.5, 0.6) is 0 Å². The molecule has 15 heavy (non-hydrogen) atoms. The van der Waals surface area contributed by atoms with Crippen molar-refractivity contribution in [1.82, 2.24) is 0 Å². The predicted molar refractivity (Wildman–Crippen MR) is 60.8 cm³/mol. The van der Waals surface area contributed by atoms with E-state index in [4.69, 9.17) is 4.74 Å². The highest BCUT2D eigenvalue weighted by atomic mass is 16.5. The van der Waals surface area contributed by atoms with Crippen LogP contribution in [0.1, 0.15) is 46.0 Å². The van der Waals surface area contributed by atoms with Gasteiger partial charge in [0.1, 0.15) is 0 Å². The Morgan fingerprint density at radius 3 is 2.67 bits per heavy atom. The Labute approximate surface area is 93.1 Å². The third-order valence-corrected chi connectivity index (χ3v) is 2.38. The van der Waals surface area contributed by atoms with E-state index in [1.807, 2.05) is 0 Å². The first-order chi connectivity index (χ1) is 7.20. The topological polar surface area (TPSA) is 35.5 Å². The van der Waals surface area contributed by atoms with Gasteiger partial charge < -0.3 is 9.47 Å². The Kier molecular flexibility index (Phi) is 9.59. The van der Waals surface area contributed by atoms with Gasteiger partial charge in [-0.3, -0.25) is 4.79 Å². The third-order valence-electron chi connectivity index (χ3n) is 2.38. The molecule has 0 fully saturated rings. The highest BCUT2D eigenvalue weighted by Gasteiger charge is 2.03. The molecule has 0 spiro atoms. The minimum Gasteiger partial charge on any atom is -0.469 e. The number of rotatable bonds is 9. The summed E-state index contributed by atoms with van der Waals surface area (Å²) in [5, 5.41) is 0. The molecule has 0 saturated carbocycles. The lowest BCUT2D eigenvalue weighted by Gasteiger charge is -2.11. The summed E-state index contributed by atoms with van der Waals surface area (Å²) < 4.78 is 9.92. The zero-order chi connectivity index (χ0) is 11.5. The van der Waals surface area contributed by atoms with Gasteiger partial charge in [-0.25, -0.2) is 0 Å². The first-order valence-electron chi connectivity index (χ1n) is 5.85. The fourth-order valence-corrected chi connectivity index (χ4v) is 1.37. The number of hydrogen-bond acceptors (Lipinski definition) is 3. The van der Waals surface area contributed by atoms with Gasteiger partial charge in [-0.15, -0.1) is 0 Å². The van der Waals surface area contributed by atoms with Crippen molar-refractivity contribution in [3.63, 3.8) is 0 Å². The molecular formula is C12H24O3. The Morgan fingerprint density at radius 2 is 2.07 bits per heavy atom. The van der Waals surface area contributed by atoms with Gasteiger partial charge in [0.05, 0.1) is 20.1 Å². The zero-order valence-corrected chi connectivity index (χ0v) is 10.3. The minimum atomic E-state index is -0.200. The van der Waals surface area contributed by atoms with E-state index >= 15 is 0 Å². The van der Waals surface area contributed by atoms with Crippen molar-refractivity contribution in [3.8, 4) is 0 Å². The second-order valence-electron chi connectivity index (χ2n) is 4.00. The van der Waals surface area contributed by atoms with Crippen LogP contribution in [0.3, 0.4) is 0 Å². The van der Waals surface area contributed by atoms with Crippen LogP contribution in [0.25, 0.3) is 0 Å². The van der Waals surface area contributed by atoms with Crippen LogP contribution < -0.4 is 0 Å². The van der Waals surface area contributed by atoms with Crippen molar-refractivity contribution in [2.24, 2.45) is 5.92 Å². The molecule has 0 N–H and O–H groups in total. The molecule has 0 aromatic carbocycles. The van der Waals surface area contributed by atoms with Gasteiger partial charge in [-0.1, -0.05) is 33.1 Å². The van der Waals surface area contributed by atoms with Gasteiger partial charge in [0.15, 0.2) is 0 Å². The molecule has 3 heteroatoms. The van der Waals surface area contributed by atoms with Gasteiger partial charge in [-0.05, 0) is 12.3 Å². The Morgan fingerprint density at radius 1 is 1.33 bits per heavy atom. The van der Waals surface area contributed by atoms with Gasteiger partial charge >= 0.3 is 5.97 Å². The maximum absolute atomic E-state index is 10.8. The lowest BCUT2D eigenvalue weighted by atomic mass is 10.0. The first-order valence-corrected chi connectivity index (χ1v) is 5.85. The number of hydrogen-bond donors (Lipinski definition) is 0. The summed E-state index contributed by atoms with van der Waals surface area (Å²) in [7, 11) is 1.40. The molecule has 0 aromatic heterocycles. The van der Waals surface area contributed by atoms with Crippen molar-refractivity contribution < 1.29 is 14.3 Å². The van der Waals surface area contributed by atoms with Crippen LogP contribution in [-0.2, 0) is 14.3 Å². The van der Waals surface area contributed by atoms with E-state index in [2.05, 4.69) is 18.6 Å². The summed E-state index contributed by atoms with van der Waals surface area (Å²) in [6.07, 6.45) is 5.41. The predicted octanol–water partition coefficient (Wildman–Crippen LogP) is 2.78. The van der Waals surface area contributed by atoms with E-state index in [-0.39, 0.29) is 5.97 Å². The van der Waals surface area contributed by atoms with Crippen molar-refractivity contribution in [2.45, 2.75) is 46.0 Å². The highest BCUT2D eigenvalue weighted by molar-refractivity contribution is 5.69.